The summed E-state index contributed by atoms with van der Waals surface area (Å²) in [7, 11) is -3.67. The number of hydrogen-bond acceptors (Lipinski definition) is 5. The summed E-state index contributed by atoms with van der Waals surface area (Å²) in [4.78, 5) is 0.0577. The minimum atomic E-state index is -3.67. The van der Waals surface area contributed by atoms with Gasteiger partial charge in [0.05, 0.1) is 0 Å². The molecule has 3 rings (SSSR count). The first-order chi connectivity index (χ1) is 10.6. The predicted molar refractivity (Wildman–Crippen MR) is 82.1 cm³/mol. The van der Waals surface area contributed by atoms with Gasteiger partial charge in [0.25, 0.3) is 0 Å². The number of nitrogens with zero attached hydrogens (tertiary/aromatic N) is 2. The van der Waals surface area contributed by atoms with Gasteiger partial charge in [-0.1, -0.05) is 29.8 Å². The standard InChI is InChI=1S/C14H12ClN3O3S/c15-11-6-4-10(5-7-11)8-9-16-22(19,20)13-3-1-2-12-14(13)18-21-17-12/h1-7,16H,8-9H2. The van der Waals surface area contributed by atoms with Crippen LogP contribution in [0.2, 0.25) is 5.02 Å². The van der Waals surface area contributed by atoms with Crippen LogP contribution in [0.3, 0.4) is 0 Å². The molecule has 22 heavy (non-hydrogen) atoms. The van der Waals surface area contributed by atoms with Crippen LogP contribution in [0.1, 0.15) is 5.56 Å². The molecule has 0 saturated heterocycles. The Balaban J connectivity index is 1.74. The first-order valence-electron chi connectivity index (χ1n) is 6.52. The Labute approximate surface area is 132 Å². The molecule has 1 aromatic heterocycles. The zero-order valence-corrected chi connectivity index (χ0v) is 12.9. The monoisotopic (exact) mass is 337 g/mol. The van der Waals surface area contributed by atoms with Crippen LogP contribution in [-0.4, -0.2) is 25.3 Å². The quantitative estimate of drug-likeness (QED) is 0.772. The molecule has 1 N–H and O–H groups in total. The van der Waals surface area contributed by atoms with E-state index < -0.39 is 10.0 Å². The average molecular weight is 338 g/mol. The average Bonchev–Trinajstić information content (AvgIpc) is 2.97. The molecule has 0 amide bonds. The molecule has 0 aliphatic heterocycles. The van der Waals surface area contributed by atoms with Crippen LogP contribution in [0.15, 0.2) is 52.0 Å². The van der Waals surface area contributed by atoms with E-state index in [-0.39, 0.29) is 17.0 Å². The van der Waals surface area contributed by atoms with Gasteiger partial charge in [-0.15, -0.1) is 0 Å². The Morgan fingerprint density at radius 3 is 2.64 bits per heavy atom. The van der Waals surface area contributed by atoms with Gasteiger partial charge >= 0.3 is 0 Å². The topological polar surface area (TPSA) is 85.1 Å². The highest BCUT2D eigenvalue weighted by Gasteiger charge is 2.19. The van der Waals surface area contributed by atoms with Gasteiger partial charge in [0, 0.05) is 11.6 Å². The molecule has 0 fully saturated rings. The van der Waals surface area contributed by atoms with Crippen molar-refractivity contribution in [2.45, 2.75) is 11.3 Å². The Kier molecular flexibility index (Phi) is 4.10. The number of halogens is 1. The van der Waals surface area contributed by atoms with E-state index in [1.807, 2.05) is 12.1 Å². The van der Waals surface area contributed by atoms with E-state index in [2.05, 4.69) is 19.7 Å². The van der Waals surface area contributed by atoms with Gasteiger partial charge in [0.2, 0.25) is 10.0 Å². The number of aromatic nitrogens is 2. The van der Waals surface area contributed by atoms with E-state index in [1.54, 1.807) is 24.3 Å². The second kappa shape index (κ2) is 6.04. The number of nitrogens with one attached hydrogen (secondary N) is 1. The van der Waals surface area contributed by atoms with E-state index in [1.165, 1.54) is 6.07 Å². The molecule has 8 heteroatoms. The molecule has 0 atom stereocenters. The second-order valence-corrected chi connectivity index (χ2v) is 6.83. The predicted octanol–water partition coefficient (Wildman–Crippen LogP) is 2.40. The van der Waals surface area contributed by atoms with Gasteiger partial charge in [-0.25, -0.2) is 17.8 Å². The SMILES string of the molecule is O=S(=O)(NCCc1ccc(Cl)cc1)c1cccc2nonc12. The third-order valence-corrected chi connectivity index (χ3v) is 4.90. The van der Waals surface area contributed by atoms with Crippen LogP contribution >= 0.6 is 11.6 Å². The summed E-state index contributed by atoms with van der Waals surface area (Å²) in [5.74, 6) is 0. The number of hydrogen-bond donors (Lipinski definition) is 1. The first kappa shape index (κ1) is 15.0. The highest BCUT2D eigenvalue weighted by atomic mass is 35.5. The minimum absolute atomic E-state index is 0.0577. The lowest BCUT2D eigenvalue weighted by atomic mass is 10.2. The third kappa shape index (κ3) is 3.11. The smallest absolute Gasteiger partial charge is 0.242 e. The van der Waals surface area contributed by atoms with Crippen LogP contribution < -0.4 is 4.72 Å². The molecule has 0 spiro atoms. The number of benzene rings is 2. The summed E-state index contributed by atoms with van der Waals surface area (Å²) in [6.45, 7) is 0.269. The summed E-state index contributed by atoms with van der Waals surface area (Å²) in [6.07, 6.45) is 0.559. The molecule has 3 aromatic rings. The molecule has 0 bridgehead atoms. The Bertz CT molecular complexity index is 891. The van der Waals surface area contributed by atoms with Crippen molar-refractivity contribution in [2.75, 3.05) is 6.54 Å². The maximum atomic E-state index is 12.3. The molecule has 0 radical (unpaired) electrons. The van der Waals surface area contributed by atoms with Crippen molar-refractivity contribution in [2.24, 2.45) is 0 Å². The highest BCUT2D eigenvalue weighted by molar-refractivity contribution is 7.89. The van der Waals surface area contributed by atoms with Crippen molar-refractivity contribution in [3.05, 3.63) is 53.1 Å². The second-order valence-electron chi connectivity index (χ2n) is 4.66. The van der Waals surface area contributed by atoms with E-state index in [0.29, 0.717) is 17.0 Å². The molecule has 2 aromatic carbocycles. The van der Waals surface area contributed by atoms with Gasteiger partial charge in [-0.05, 0) is 46.6 Å². The van der Waals surface area contributed by atoms with Gasteiger partial charge < -0.3 is 0 Å². The molecule has 1 heterocycles. The van der Waals surface area contributed by atoms with E-state index >= 15 is 0 Å². The maximum Gasteiger partial charge on any atom is 0.242 e. The zero-order valence-electron chi connectivity index (χ0n) is 11.4. The first-order valence-corrected chi connectivity index (χ1v) is 8.38. The van der Waals surface area contributed by atoms with Gasteiger partial charge in [-0.3, -0.25) is 0 Å². The summed E-state index contributed by atoms with van der Waals surface area (Å²) < 4.78 is 31.8. The molecule has 0 saturated carbocycles. The van der Waals surface area contributed by atoms with Crippen LogP contribution in [0, 0.1) is 0 Å². The Morgan fingerprint density at radius 1 is 1.09 bits per heavy atom. The van der Waals surface area contributed by atoms with Crippen LogP contribution in [0.5, 0.6) is 0 Å². The largest absolute Gasteiger partial charge is 0.243 e. The fourth-order valence-electron chi connectivity index (χ4n) is 2.06. The fraction of sp³-hybridized carbons (Fsp3) is 0.143. The Morgan fingerprint density at radius 2 is 1.86 bits per heavy atom. The number of rotatable bonds is 5. The maximum absolute atomic E-state index is 12.3. The van der Waals surface area contributed by atoms with Crippen molar-refractivity contribution >= 4 is 32.7 Å². The minimum Gasteiger partial charge on any atom is -0.243 e. The zero-order chi connectivity index (χ0) is 15.6. The molecule has 114 valence electrons. The number of sulfonamides is 1. The summed E-state index contributed by atoms with van der Waals surface area (Å²) in [6, 6.07) is 12.0. The molecule has 0 unspecified atom stereocenters. The molecule has 0 aliphatic rings. The van der Waals surface area contributed by atoms with Gasteiger partial charge in [-0.2, -0.15) is 0 Å². The molecular formula is C14H12ClN3O3S. The van der Waals surface area contributed by atoms with E-state index in [9.17, 15) is 8.42 Å². The van der Waals surface area contributed by atoms with Crippen molar-refractivity contribution in [1.82, 2.24) is 15.0 Å². The van der Waals surface area contributed by atoms with Crippen LogP contribution in [0.25, 0.3) is 11.0 Å². The van der Waals surface area contributed by atoms with Crippen molar-refractivity contribution in [3.63, 3.8) is 0 Å². The van der Waals surface area contributed by atoms with Crippen LogP contribution in [0.4, 0.5) is 0 Å². The highest BCUT2D eigenvalue weighted by Crippen LogP contribution is 2.19. The Hall–Kier alpha value is -1.96. The molecule has 0 aliphatic carbocycles. The summed E-state index contributed by atoms with van der Waals surface area (Å²) in [5.41, 5.74) is 1.62. The van der Waals surface area contributed by atoms with E-state index in [4.69, 9.17) is 11.6 Å². The lowest BCUT2D eigenvalue weighted by Crippen LogP contribution is -2.26. The fourth-order valence-corrected chi connectivity index (χ4v) is 3.36. The van der Waals surface area contributed by atoms with Crippen molar-refractivity contribution in [3.8, 4) is 0 Å². The van der Waals surface area contributed by atoms with Crippen molar-refractivity contribution in [1.29, 1.82) is 0 Å². The lowest BCUT2D eigenvalue weighted by Gasteiger charge is -2.07. The summed E-state index contributed by atoms with van der Waals surface area (Å²) in [5, 5.41) is 7.93. The molecule has 6 nitrogen and oxygen atoms in total. The normalized spacial score (nSPS) is 11.9. The lowest BCUT2D eigenvalue weighted by molar-refractivity contribution is 0.315. The van der Waals surface area contributed by atoms with Crippen LogP contribution in [-0.2, 0) is 16.4 Å². The van der Waals surface area contributed by atoms with E-state index in [0.717, 1.165) is 5.56 Å². The number of fused-ring (bicyclic) bond motifs is 1. The summed E-state index contributed by atoms with van der Waals surface area (Å²) >= 11 is 5.81. The van der Waals surface area contributed by atoms with Gasteiger partial charge in [0.1, 0.15) is 10.4 Å². The molecular weight excluding hydrogens is 326 g/mol. The van der Waals surface area contributed by atoms with Gasteiger partial charge in [0.15, 0.2) is 5.52 Å². The third-order valence-electron chi connectivity index (χ3n) is 3.16. The van der Waals surface area contributed by atoms with Crippen molar-refractivity contribution < 1.29 is 13.0 Å².